The third-order valence-corrected chi connectivity index (χ3v) is 6.81. The van der Waals surface area contributed by atoms with Crippen molar-refractivity contribution < 1.29 is 26.4 Å². The molecule has 0 heterocycles. The molecule has 33 heavy (non-hydrogen) atoms. The van der Waals surface area contributed by atoms with Crippen molar-refractivity contribution in [2.75, 3.05) is 16.2 Å². The van der Waals surface area contributed by atoms with E-state index in [2.05, 4.69) is 5.32 Å². The van der Waals surface area contributed by atoms with Gasteiger partial charge in [0.05, 0.1) is 21.8 Å². The van der Waals surface area contributed by atoms with E-state index >= 15 is 0 Å². The van der Waals surface area contributed by atoms with Gasteiger partial charge in [-0.05, 0) is 55.5 Å². The number of aryl methyl sites for hydroxylation is 1. The van der Waals surface area contributed by atoms with Gasteiger partial charge in [0.2, 0.25) is 5.91 Å². The topological polar surface area (TPSA) is 66.5 Å². The van der Waals surface area contributed by atoms with Crippen LogP contribution < -0.4 is 9.62 Å². The lowest BCUT2D eigenvalue weighted by atomic mass is 10.1. The molecule has 1 N–H and O–H groups in total. The molecule has 0 aromatic heterocycles. The first-order chi connectivity index (χ1) is 15.4. The van der Waals surface area contributed by atoms with Gasteiger partial charge >= 0.3 is 6.18 Å². The number of nitrogens with zero attached hydrogens (tertiary/aromatic N) is 1. The number of nitrogens with one attached hydrogen (secondary N) is 1. The quantitative estimate of drug-likeness (QED) is 0.426. The minimum atomic E-state index is -4.78. The Hall–Kier alpha value is -2.75. The van der Waals surface area contributed by atoms with Gasteiger partial charge in [0, 0.05) is 10.0 Å². The van der Waals surface area contributed by atoms with E-state index in [1.165, 1.54) is 42.5 Å². The largest absolute Gasteiger partial charge is 0.418 e. The van der Waals surface area contributed by atoms with Crippen LogP contribution in [0.5, 0.6) is 0 Å². The Morgan fingerprint density at radius 2 is 1.61 bits per heavy atom. The maximum atomic E-state index is 13.4. The molecule has 0 aliphatic carbocycles. The van der Waals surface area contributed by atoms with Gasteiger partial charge in [0.15, 0.2) is 0 Å². The fraction of sp³-hybridized carbons (Fsp3) is 0.136. The molecule has 0 bridgehead atoms. The zero-order chi connectivity index (χ0) is 24.4. The Kier molecular flexibility index (Phi) is 7.26. The van der Waals surface area contributed by atoms with Crippen LogP contribution in [0.15, 0.2) is 71.6 Å². The maximum Gasteiger partial charge on any atom is 0.418 e. The van der Waals surface area contributed by atoms with Gasteiger partial charge in [-0.25, -0.2) is 8.42 Å². The summed E-state index contributed by atoms with van der Waals surface area (Å²) in [4.78, 5) is 12.6. The highest BCUT2D eigenvalue weighted by molar-refractivity contribution is 7.92. The van der Waals surface area contributed by atoms with Gasteiger partial charge in [-0.3, -0.25) is 9.10 Å². The first-order valence-corrected chi connectivity index (χ1v) is 11.6. The summed E-state index contributed by atoms with van der Waals surface area (Å²) in [5.41, 5.74) is -0.802. The van der Waals surface area contributed by atoms with E-state index in [4.69, 9.17) is 23.2 Å². The number of carbonyl (C=O) groups excluding carboxylic acids is 1. The second kappa shape index (κ2) is 9.62. The molecule has 0 atom stereocenters. The van der Waals surface area contributed by atoms with Crippen molar-refractivity contribution in [2.45, 2.75) is 18.0 Å². The number of benzene rings is 3. The lowest BCUT2D eigenvalue weighted by Crippen LogP contribution is -2.38. The smallest absolute Gasteiger partial charge is 0.324 e. The SMILES string of the molecule is Cc1ccc(S(=O)(=O)N(CC(=O)Nc2ccc(Cl)cc2C(F)(F)F)c2cccc(Cl)c2)cc1. The van der Waals surface area contributed by atoms with Gasteiger partial charge in [0.1, 0.15) is 6.54 Å². The van der Waals surface area contributed by atoms with Crippen LogP contribution in [0.25, 0.3) is 0 Å². The van der Waals surface area contributed by atoms with Crippen molar-refractivity contribution in [3.63, 3.8) is 0 Å². The maximum absolute atomic E-state index is 13.4. The van der Waals surface area contributed by atoms with E-state index in [9.17, 15) is 26.4 Å². The Balaban J connectivity index is 1.98. The number of halogens is 5. The van der Waals surface area contributed by atoms with Crippen LogP contribution in [0.2, 0.25) is 10.0 Å². The number of amides is 1. The van der Waals surface area contributed by atoms with Crippen LogP contribution in [0.3, 0.4) is 0 Å². The van der Waals surface area contributed by atoms with Crippen LogP contribution in [-0.4, -0.2) is 20.9 Å². The van der Waals surface area contributed by atoms with E-state index in [1.54, 1.807) is 19.1 Å². The minimum absolute atomic E-state index is 0.0744. The molecule has 5 nitrogen and oxygen atoms in total. The summed E-state index contributed by atoms with van der Waals surface area (Å²) in [6.45, 7) is 0.986. The van der Waals surface area contributed by atoms with E-state index in [0.717, 1.165) is 15.9 Å². The minimum Gasteiger partial charge on any atom is -0.324 e. The van der Waals surface area contributed by atoms with Crippen LogP contribution in [0, 0.1) is 6.92 Å². The summed E-state index contributed by atoms with van der Waals surface area (Å²) in [7, 11) is -4.25. The molecule has 0 aliphatic heterocycles. The Morgan fingerprint density at radius 1 is 0.970 bits per heavy atom. The summed E-state index contributed by atoms with van der Waals surface area (Å²) in [5.74, 6) is -0.988. The average molecular weight is 517 g/mol. The van der Waals surface area contributed by atoms with E-state index < -0.39 is 39.9 Å². The average Bonchev–Trinajstić information content (AvgIpc) is 2.73. The third kappa shape index (κ3) is 5.98. The van der Waals surface area contributed by atoms with Crippen molar-refractivity contribution in [3.8, 4) is 0 Å². The van der Waals surface area contributed by atoms with Gasteiger partial charge in [-0.15, -0.1) is 0 Å². The van der Waals surface area contributed by atoms with Crippen molar-refractivity contribution in [2.24, 2.45) is 0 Å². The van der Waals surface area contributed by atoms with Crippen molar-refractivity contribution in [3.05, 3.63) is 87.9 Å². The molecule has 3 aromatic rings. The molecule has 0 aliphatic rings. The zero-order valence-electron chi connectivity index (χ0n) is 17.0. The molecule has 0 saturated carbocycles. The zero-order valence-corrected chi connectivity index (χ0v) is 19.4. The number of anilines is 2. The number of rotatable bonds is 6. The number of hydrogen-bond donors (Lipinski definition) is 1. The van der Waals surface area contributed by atoms with Crippen LogP contribution in [0.1, 0.15) is 11.1 Å². The molecule has 11 heteroatoms. The van der Waals surface area contributed by atoms with E-state index in [1.807, 2.05) is 0 Å². The third-order valence-electron chi connectivity index (χ3n) is 4.55. The van der Waals surface area contributed by atoms with Crippen molar-refractivity contribution >= 4 is 50.5 Å². The number of hydrogen-bond acceptors (Lipinski definition) is 3. The molecule has 0 spiro atoms. The van der Waals surface area contributed by atoms with Gasteiger partial charge in [0.25, 0.3) is 10.0 Å². The van der Waals surface area contributed by atoms with Crippen molar-refractivity contribution in [1.29, 1.82) is 0 Å². The van der Waals surface area contributed by atoms with Crippen LogP contribution in [0.4, 0.5) is 24.5 Å². The van der Waals surface area contributed by atoms with Crippen LogP contribution in [-0.2, 0) is 21.0 Å². The highest BCUT2D eigenvalue weighted by atomic mass is 35.5. The monoisotopic (exact) mass is 516 g/mol. The standard InChI is InChI=1S/C22H17Cl2F3N2O3S/c1-14-5-8-18(9-6-14)33(31,32)29(17-4-2-3-15(23)11-17)13-21(30)28-20-10-7-16(24)12-19(20)22(25,26)27/h2-12H,13H2,1H3,(H,28,30). The molecule has 0 saturated heterocycles. The highest BCUT2D eigenvalue weighted by Gasteiger charge is 2.35. The molecule has 174 valence electrons. The summed E-state index contributed by atoms with van der Waals surface area (Å²) in [5, 5.41) is 2.19. The number of alkyl halides is 3. The first kappa shape index (κ1) is 24.9. The molecular formula is C22H17Cl2F3N2O3S. The molecule has 0 radical (unpaired) electrons. The van der Waals surface area contributed by atoms with Crippen LogP contribution >= 0.6 is 23.2 Å². The molecule has 3 aromatic carbocycles. The fourth-order valence-electron chi connectivity index (χ4n) is 2.96. The number of carbonyl (C=O) groups is 1. The predicted molar refractivity (Wildman–Crippen MR) is 122 cm³/mol. The van der Waals surface area contributed by atoms with Gasteiger partial charge < -0.3 is 5.32 Å². The lowest BCUT2D eigenvalue weighted by Gasteiger charge is -2.24. The lowest BCUT2D eigenvalue weighted by molar-refractivity contribution is -0.137. The predicted octanol–water partition coefficient (Wildman–Crippen LogP) is 6.15. The molecule has 0 unspecified atom stereocenters. The highest BCUT2D eigenvalue weighted by Crippen LogP contribution is 2.36. The Morgan fingerprint density at radius 3 is 2.21 bits per heavy atom. The Labute approximate surface area is 198 Å². The summed E-state index contributed by atoms with van der Waals surface area (Å²) >= 11 is 11.7. The number of sulfonamides is 1. The van der Waals surface area contributed by atoms with Gasteiger partial charge in [-0.2, -0.15) is 13.2 Å². The van der Waals surface area contributed by atoms with Gasteiger partial charge in [-0.1, -0.05) is 47.0 Å². The fourth-order valence-corrected chi connectivity index (χ4v) is 4.73. The molecule has 3 rings (SSSR count). The van der Waals surface area contributed by atoms with E-state index in [0.29, 0.717) is 6.07 Å². The first-order valence-electron chi connectivity index (χ1n) is 9.39. The van der Waals surface area contributed by atoms with E-state index in [-0.39, 0.29) is 20.6 Å². The van der Waals surface area contributed by atoms with Crippen molar-refractivity contribution in [1.82, 2.24) is 0 Å². The second-order valence-electron chi connectivity index (χ2n) is 7.04. The summed E-state index contributed by atoms with van der Waals surface area (Å²) < 4.78 is 67.5. The normalized spacial score (nSPS) is 11.8. The second-order valence-corrected chi connectivity index (χ2v) is 9.78. The summed E-state index contributed by atoms with van der Waals surface area (Å²) in [6.07, 6.45) is -4.78. The summed E-state index contributed by atoms with van der Waals surface area (Å²) in [6, 6.07) is 14.6. The molecule has 0 fully saturated rings. The Bertz CT molecular complexity index is 1280. The molecule has 1 amide bonds. The molecular weight excluding hydrogens is 500 g/mol.